The zero-order valence-corrected chi connectivity index (χ0v) is 9.07. The van der Waals surface area contributed by atoms with Gasteiger partial charge in [0.25, 0.3) is 0 Å². The highest BCUT2D eigenvalue weighted by molar-refractivity contribution is 5.80. The number of allylic oxidation sites excluding steroid dienone is 1. The van der Waals surface area contributed by atoms with Crippen molar-refractivity contribution in [3.05, 3.63) is 35.9 Å². The van der Waals surface area contributed by atoms with Crippen LogP contribution in [0, 0.1) is 0 Å². The smallest absolute Gasteiger partial charge is 0.0387 e. The fourth-order valence-corrected chi connectivity index (χ4v) is 0.895. The van der Waals surface area contributed by atoms with E-state index in [4.69, 9.17) is 5.73 Å². The van der Waals surface area contributed by atoms with Crippen molar-refractivity contribution < 1.29 is 0 Å². The van der Waals surface area contributed by atoms with Crippen LogP contribution < -0.4 is 5.73 Å². The summed E-state index contributed by atoms with van der Waals surface area (Å²) in [6, 6.07) is 7.72. The summed E-state index contributed by atoms with van der Waals surface area (Å²) in [6.45, 7) is 4.00. The molecule has 14 heavy (non-hydrogen) atoms. The molecule has 0 heterocycles. The Morgan fingerprint density at radius 2 is 1.86 bits per heavy atom. The summed E-state index contributed by atoms with van der Waals surface area (Å²) < 4.78 is 0. The van der Waals surface area contributed by atoms with E-state index in [2.05, 4.69) is 4.99 Å². The zero-order valence-electron chi connectivity index (χ0n) is 9.07. The number of hydrogen-bond acceptors (Lipinski definition) is 2. The fourth-order valence-electron chi connectivity index (χ4n) is 0.895. The van der Waals surface area contributed by atoms with Gasteiger partial charge in [0.05, 0.1) is 0 Å². The van der Waals surface area contributed by atoms with Crippen LogP contribution in [0.3, 0.4) is 0 Å². The van der Waals surface area contributed by atoms with Crippen LogP contribution in [-0.2, 0) is 0 Å². The molecule has 1 aromatic carbocycles. The first-order chi connectivity index (χ1) is 6.84. The topological polar surface area (TPSA) is 38.4 Å². The van der Waals surface area contributed by atoms with Crippen molar-refractivity contribution in [3.8, 4) is 0 Å². The lowest BCUT2D eigenvalue weighted by Gasteiger charge is -1.96. The van der Waals surface area contributed by atoms with Crippen LogP contribution in [0.25, 0.3) is 6.08 Å². The second-order valence-electron chi connectivity index (χ2n) is 2.40. The summed E-state index contributed by atoms with van der Waals surface area (Å²) in [4.78, 5) is 3.83. The van der Waals surface area contributed by atoms with E-state index < -0.39 is 0 Å². The summed E-state index contributed by atoms with van der Waals surface area (Å²) in [5.74, 6) is 0. The Labute approximate surface area is 86.2 Å². The Morgan fingerprint density at radius 3 is 2.43 bits per heavy atom. The molecule has 0 aliphatic rings. The van der Waals surface area contributed by atoms with Crippen molar-refractivity contribution in [3.63, 3.8) is 0 Å². The third-order valence-electron chi connectivity index (χ3n) is 1.51. The molecule has 0 aromatic heterocycles. The van der Waals surface area contributed by atoms with Gasteiger partial charge in [0.15, 0.2) is 0 Å². The van der Waals surface area contributed by atoms with E-state index in [0.29, 0.717) is 0 Å². The van der Waals surface area contributed by atoms with Gasteiger partial charge in [-0.25, -0.2) is 0 Å². The number of hydrogen-bond donors (Lipinski definition) is 1. The Balaban J connectivity index is 0.000000791. The normalized spacial score (nSPS) is 10.2. The Bertz CT molecular complexity index is 301. The van der Waals surface area contributed by atoms with E-state index in [9.17, 15) is 0 Å². The van der Waals surface area contributed by atoms with Gasteiger partial charge in [-0.2, -0.15) is 0 Å². The lowest BCUT2D eigenvalue weighted by atomic mass is 10.2. The van der Waals surface area contributed by atoms with Gasteiger partial charge in [0.1, 0.15) is 0 Å². The molecule has 0 unspecified atom stereocenters. The van der Waals surface area contributed by atoms with Gasteiger partial charge in [0.2, 0.25) is 0 Å². The molecule has 2 N–H and O–H groups in total. The second-order valence-corrected chi connectivity index (χ2v) is 2.40. The quantitative estimate of drug-likeness (QED) is 0.565. The average molecular weight is 190 g/mol. The van der Waals surface area contributed by atoms with E-state index in [1.807, 2.05) is 50.3 Å². The molecule has 0 aliphatic carbocycles. The highest BCUT2D eigenvalue weighted by Crippen LogP contribution is 2.11. The molecule has 0 bridgehead atoms. The van der Waals surface area contributed by atoms with Gasteiger partial charge in [-0.1, -0.05) is 38.1 Å². The molecule has 1 aromatic rings. The number of nitrogens with two attached hydrogens (primary N) is 1. The molecule has 0 aliphatic heterocycles. The van der Waals surface area contributed by atoms with E-state index in [0.717, 1.165) is 11.3 Å². The monoisotopic (exact) mass is 190 g/mol. The van der Waals surface area contributed by atoms with Crippen LogP contribution in [0.4, 0.5) is 5.69 Å². The standard InChI is InChI=1S/C10H12N2.C2H6/c1-12-8-4-6-9-5-2-3-7-10(9)11;1-2/h2-8H,11H2,1H3;1-2H3/b6-4+,12-8?;. The largest absolute Gasteiger partial charge is 0.398 e. The first kappa shape index (κ1) is 12.4. The molecule has 0 saturated carbocycles. The lowest BCUT2D eigenvalue weighted by Crippen LogP contribution is -1.87. The highest BCUT2D eigenvalue weighted by atomic mass is 14.6. The maximum atomic E-state index is 5.71. The second kappa shape index (κ2) is 8.05. The highest BCUT2D eigenvalue weighted by Gasteiger charge is 1.89. The van der Waals surface area contributed by atoms with Crippen molar-refractivity contribution in [2.45, 2.75) is 13.8 Å². The van der Waals surface area contributed by atoms with E-state index in [1.54, 1.807) is 13.3 Å². The summed E-state index contributed by atoms with van der Waals surface area (Å²) in [5.41, 5.74) is 7.52. The van der Waals surface area contributed by atoms with Crippen LogP contribution in [-0.4, -0.2) is 13.3 Å². The molecule has 1 rings (SSSR count). The molecule has 76 valence electrons. The van der Waals surface area contributed by atoms with Gasteiger partial charge in [-0.05, 0) is 17.7 Å². The molecule has 0 radical (unpaired) electrons. The van der Waals surface area contributed by atoms with Crippen LogP contribution in [0.5, 0.6) is 0 Å². The summed E-state index contributed by atoms with van der Waals surface area (Å²) in [6.07, 6.45) is 5.53. The molecule has 2 heteroatoms. The van der Waals surface area contributed by atoms with Crippen molar-refractivity contribution in [1.82, 2.24) is 0 Å². The van der Waals surface area contributed by atoms with Gasteiger partial charge >= 0.3 is 0 Å². The Hall–Kier alpha value is -1.57. The maximum absolute atomic E-state index is 5.71. The Kier molecular flexibility index (Phi) is 7.15. The Morgan fingerprint density at radius 1 is 1.21 bits per heavy atom. The number of nitrogens with zero attached hydrogens (tertiary/aromatic N) is 1. The molecule has 2 nitrogen and oxygen atoms in total. The van der Waals surface area contributed by atoms with Crippen LogP contribution in [0.1, 0.15) is 19.4 Å². The number of para-hydroxylation sites is 1. The van der Waals surface area contributed by atoms with Crippen molar-refractivity contribution >= 4 is 18.0 Å². The molecule has 0 saturated heterocycles. The van der Waals surface area contributed by atoms with Gasteiger partial charge in [0, 0.05) is 18.9 Å². The van der Waals surface area contributed by atoms with Crippen molar-refractivity contribution in [2.75, 3.05) is 12.8 Å². The SMILES string of the molecule is CC.CN=C/C=C/c1ccccc1N. The number of nitrogen functional groups attached to an aromatic ring is 1. The zero-order chi connectivity index (χ0) is 10.8. The molecule has 0 fully saturated rings. The molecular formula is C12H18N2. The predicted molar refractivity (Wildman–Crippen MR) is 65.7 cm³/mol. The molecule has 0 amide bonds. The third-order valence-corrected chi connectivity index (χ3v) is 1.51. The van der Waals surface area contributed by atoms with E-state index in [-0.39, 0.29) is 0 Å². The van der Waals surface area contributed by atoms with Gasteiger partial charge in [-0.15, -0.1) is 0 Å². The number of aliphatic imine (C=N–C) groups is 1. The average Bonchev–Trinajstić information content (AvgIpc) is 2.24. The first-order valence-corrected chi connectivity index (χ1v) is 4.78. The van der Waals surface area contributed by atoms with Crippen molar-refractivity contribution in [2.24, 2.45) is 4.99 Å². The summed E-state index contributed by atoms with van der Waals surface area (Å²) in [5, 5.41) is 0. The molecule has 0 atom stereocenters. The molecule has 0 spiro atoms. The fraction of sp³-hybridized carbons (Fsp3) is 0.250. The number of rotatable bonds is 2. The predicted octanol–water partition coefficient (Wildman–Crippen LogP) is 3.01. The summed E-state index contributed by atoms with van der Waals surface area (Å²) >= 11 is 0. The molecular weight excluding hydrogens is 172 g/mol. The number of anilines is 1. The summed E-state index contributed by atoms with van der Waals surface area (Å²) in [7, 11) is 1.73. The van der Waals surface area contributed by atoms with Gasteiger partial charge in [-0.3, -0.25) is 4.99 Å². The van der Waals surface area contributed by atoms with Crippen molar-refractivity contribution in [1.29, 1.82) is 0 Å². The third kappa shape index (κ3) is 4.45. The minimum atomic E-state index is 0.790. The van der Waals surface area contributed by atoms with Gasteiger partial charge < -0.3 is 5.73 Å². The van der Waals surface area contributed by atoms with Crippen LogP contribution in [0.15, 0.2) is 35.3 Å². The minimum absolute atomic E-state index is 0.790. The number of benzene rings is 1. The maximum Gasteiger partial charge on any atom is 0.0387 e. The first-order valence-electron chi connectivity index (χ1n) is 4.78. The minimum Gasteiger partial charge on any atom is -0.398 e. The van der Waals surface area contributed by atoms with Crippen LogP contribution in [0.2, 0.25) is 0 Å². The van der Waals surface area contributed by atoms with E-state index in [1.165, 1.54) is 0 Å². The lowest BCUT2D eigenvalue weighted by molar-refractivity contribution is 1.48. The van der Waals surface area contributed by atoms with Crippen LogP contribution >= 0.6 is 0 Å². The van der Waals surface area contributed by atoms with E-state index >= 15 is 0 Å².